The molecule has 2 fully saturated rings. The third-order valence-electron chi connectivity index (χ3n) is 3.68. The number of carbonyl (C=O) groups excluding carboxylic acids is 2. The molecule has 0 bridgehead atoms. The first-order valence-corrected chi connectivity index (χ1v) is 8.16. The number of carbonyl (C=O) groups is 2. The van der Waals surface area contributed by atoms with E-state index in [9.17, 15) is 9.59 Å². The van der Waals surface area contributed by atoms with Crippen molar-refractivity contribution in [2.24, 2.45) is 5.73 Å². The Hall–Kier alpha value is -0.460. The predicted molar refractivity (Wildman–Crippen MR) is 84.2 cm³/mol. The molecule has 0 aromatic rings. The Balaban J connectivity index is 0.00000200. The number of thioether (sulfide) groups is 1. The molecule has 2 heterocycles. The van der Waals surface area contributed by atoms with Gasteiger partial charge in [-0.1, -0.05) is 0 Å². The first-order valence-electron chi connectivity index (χ1n) is 7.01. The molecule has 2 saturated heterocycles. The van der Waals surface area contributed by atoms with E-state index in [0.29, 0.717) is 13.0 Å². The van der Waals surface area contributed by atoms with Crippen molar-refractivity contribution in [3.05, 3.63) is 0 Å². The lowest BCUT2D eigenvalue weighted by Crippen LogP contribution is -2.50. The van der Waals surface area contributed by atoms with Crippen molar-refractivity contribution in [3.8, 4) is 0 Å². The minimum absolute atomic E-state index is 0. The van der Waals surface area contributed by atoms with E-state index in [1.54, 1.807) is 4.90 Å². The Kier molecular flexibility index (Phi) is 7.12. The van der Waals surface area contributed by atoms with Crippen molar-refractivity contribution in [1.29, 1.82) is 0 Å². The van der Waals surface area contributed by atoms with Gasteiger partial charge in [0, 0.05) is 43.6 Å². The molecule has 2 atom stereocenters. The summed E-state index contributed by atoms with van der Waals surface area (Å²) < 4.78 is 0. The smallest absolute Gasteiger partial charge is 0.245 e. The van der Waals surface area contributed by atoms with Gasteiger partial charge in [-0.15, -0.1) is 12.4 Å². The number of nitrogens with zero attached hydrogens (tertiary/aromatic N) is 2. The summed E-state index contributed by atoms with van der Waals surface area (Å²) in [5.74, 6) is 2.17. The van der Waals surface area contributed by atoms with Crippen LogP contribution in [0.3, 0.4) is 0 Å². The molecule has 7 heteroatoms. The number of hydrogen-bond acceptors (Lipinski definition) is 4. The summed E-state index contributed by atoms with van der Waals surface area (Å²) in [5, 5.41) is 0. The van der Waals surface area contributed by atoms with Crippen molar-refractivity contribution in [2.75, 3.05) is 31.1 Å². The van der Waals surface area contributed by atoms with E-state index in [-0.39, 0.29) is 36.3 Å². The fourth-order valence-corrected chi connectivity index (χ4v) is 3.61. The third kappa shape index (κ3) is 4.27. The maximum absolute atomic E-state index is 12.5. The summed E-state index contributed by atoms with van der Waals surface area (Å²) in [4.78, 5) is 28.3. The van der Waals surface area contributed by atoms with E-state index >= 15 is 0 Å². The van der Waals surface area contributed by atoms with Crippen molar-refractivity contribution >= 4 is 36.0 Å². The van der Waals surface area contributed by atoms with Crippen LogP contribution in [0.25, 0.3) is 0 Å². The molecule has 0 spiro atoms. The molecule has 2 unspecified atom stereocenters. The van der Waals surface area contributed by atoms with Crippen LogP contribution in [0.15, 0.2) is 0 Å². The van der Waals surface area contributed by atoms with Crippen LogP contribution in [0.2, 0.25) is 0 Å². The van der Waals surface area contributed by atoms with Gasteiger partial charge in [0.15, 0.2) is 0 Å². The SMILES string of the molecule is CC(N)CC(=O)N1CCCC1C(=O)N1CCSCC1.Cl. The van der Waals surface area contributed by atoms with E-state index in [2.05, 4.69) is 0 Å². The number of nitrogens with two attached hydrogens (primary N) is 1. The minimum Gasteiger partial charge on any atom is -0.339 e. The van der Waals surface area contributed by atoms with Gasteiger partial charge >= 0.3 is 0 Å². The summed E-state index contributed by atoms with van der Waals surface area (Å²) in [6.45, 7) is 4.15. The lowest BCUT2D eigenvalue weighted by atomic mass is 10.1. The van der Waals surface area contributed by atoms with Crippen molar-refractivity contribution in [1.82, 2.24) is 9.80 Å². The average molecular weight is 322 g/mol. The second-order valence-corrected chi connectivity index (χ2v) is 6.59. The van der Waals surface area contributed by atoms with Crippen molar-refractivity contribution < 1.29 is 9.59 Å². The fourth-order valence-electron chi connectivity index (χ4n) is 2.71. The molecule has 2 aliphatic heterocycles. The average Bonchev–Trinajstić information content (AvgIpc) is 2.87. The van der Waals surface area contributed by atoms with Gasteiger partial charge in [-0.2, -0.15) is 11.8 Å². The van der Waals surface area contributed by atoms with Gasteiger partial charge in [-0.05, 0) is 19.8 Å². The molecular weight excluding hydrogens is 298 g/mol. The Morgan fingerprint density at radius 2 is 1.95 bits per heavy atom. The molecule has 0 aromatic carbocycles. The summed E-state index contributed by atoms with van der Waals surface area (Å²) in [5.41, 5.74) is 5.68. The minimum atomic E-state index is -0.241. The summed E-state index contributed by atoms with van der Waals surface area (Å²) in [6.07, 6.45) is 2.05. The van der Waals surface area contributed by atoms with Gasteiger partial charge in [0.05, 0.1) is 0 Å². The van der Waals surface area contributed by atoms with Gasteiger partial charge in [0.2, 0.25) is 11.8 Å². The van der Waals surface area contributed by atoms with Crippen LogP contribution in [0, 0.1) is 0 Å². The van der Waals surface area contributed by atoms with E-state index in [0.717, 1.165) is 37.4 Å². The summed E-state index contributed by atoms with van der Waals surface area (Å²) in [6, 6.07) is -0.385. The number of likely N-dealkylation sites (tertiary alicyclic amines) is 1. The number of amides is 2. The zero-order valence-electron chi connectivity index (χ0n) is 11.9. The van der Waals surface area contributed by atoms with Crippen LogP contribution in [-0.2, 0) is 9.59 Å². The highest BCUT2D eigenvalue weighted by atomic mass is 35.5. The molecule has 116 valence electrons. The maximum atomic E-state index is 12.5. The molecule has 2 N–H and O–H groups in total. The number of halogens is 1. The molecule has 5 nitrogen and oxygen atoms in total. The monoisotopic (exact) mass is 321 g/mol. The Bertz CT molecular complexity index is 349. The quantitative estimate of drug-likeness (QED) is 0.831. The Morgan fingerprint density at radius 3 is 2.55 bits per heavy atom. The van der Waals surface area contributed by atoms with Crippen LogP contribution in [0.4, 0.5) is 0 Å². The summed E-state index contributed by atoms with van der Waals surface area (Å²) >= 11 is 1.88. The largest absolute Gasteiger partial charge is 0.339 e. The highest BCUT2D eigenvalue weighted by Crippen LogP contribution is 2.22. The maximum Gasteiger partial charge on any atom is 0.245 e. The first kappa shape index (κ1) is 17.6. The van der Waals surface area contributed by atoms with E-state index in [1.807, 2.05) is 23.6 Å². The van der Waals surface area contributed by atoms with Crippen LogP contribution in [-0.4, -0.2) is 64.8 Å². The van der Waals surface area contributed by atoms with Gasteiger partial charge in [-0.3, -0.25) is 9.59 Å². The van der Waals surface area contributed by atoms with Gasteiger partial charge in [0.25, 0.3) is 0 Å². The zero-order chi connectivity index (χ0) is 13.8. The van der Waals surface area contributed by atoms with Crippen molar-refractivity contribution in [3.63, 3.8) is 0 Å². The lowest BCUT2D eigenvalue weighted by Gasteiger charge is -2.32. The first-order chi connectivity index (χ1) is 9.09. The molecule has 0 saturated carbocycles. The van der Waals surface area contributed by atoms with Crippen LogP contribution >= 0.6 is 24.2 Å². The van der Waals surface area contributed by atoms with Crippen molar-refractivity contribution in [2.45, 2.75) is 38.3 Å². The standard InChI is InChI=1S/C13H23N3O2S.ClH/c1-10(14)9-12(17)16-4-2-3-11(16)13(18)15-5-7-19-8-6-15;/h10-11H,2-9,14H2,1H3;1H. The molecule has 20 heavy (non-hydrogen) atoms. The molecular formula is C13H24ClN3O2S. The van der Waals surface area contributed by atoms with Crippen LogP contribution < -0.4 is 5.73 Å². The normalized spacial score (nSPS) is 24.2. The highest BCUT2D eigenvalue weighted by molar-refractivity contribution is 7.99. The van der Waals surface area contributed by atoms with E-state index < -0.39 is 0 Å². The van der Waals surface area contributed by atoms with Gasteiger partial charge < -0.3 is 15.5 Å². The number of rotatable bonds is 3. The molecule has 2 aliphatic rings. The second kappa shape index (κ2) is 8.10. The van der Waals surface area contributed by atoms with Gasteiger partial charge in [-0.25, -0.2) is 0 Å². The lowest BCUT2D eigenvalue weighted by molar-refractivity contribution is -0.143. The number of hydrogen-bond donors (Lipinski definition) is 1. The highest BCUT2D eigenvalue weighted by Gasteiger charge is 2.36. The van der Waals surface area contributed by atoms with E-state index in [1.165, 1.54) is 0 Å². The van der Waals surface area contributed by atoms with Crippen LogP contribution in [0.5, 0.6) is 0 Å². The van der Waals surface area contributed by atoms with E-state index in [4.69, 9.17) is 5.73 Å². The second-order valence-electron chi connectivity index (χ2n) is 5.36. The third-order valence-corrected chi connectivity index (χ3v) is 4.62. The molecule has 0 aliphatic carbocycles. The fraction of sp³-hybridized carbons (Fsp3) is 0.846. The van der Waals surface area contributed by atoms with Crippen LogP contribution in [0.1, 0.15) is 26.2 Å². The molecule has 0 aromatic heterocycles. The Labute approximate surface area is 131 Å². The van der Waals surface area contributed by atoms with Gasteiger partial charge in [0.1, 0.15) is 6.04 Å². The molecule has 0 radical (unpaired) electrons. The molecule has 2 amide bonds. The predicted octanol–water partition coefficient (Wildman–Crippen LogP) is 0.712. The Morgan fingerprint density at radius 1 is 1.30 bits per heavy atom. The summed E-state index contributed by atoms with van der Waals surface area (Å²) in [7, 11) is 0. The zero-order valence-corrected chi connectivity index (χ0v) is 13.5. The molecule has 2 rings (SSSR count). The topological polar surface area (TPSA) is 66.6 Å².